The molecule has 0 radical (unpaired) electrons. The molecule has 0 unspecified atom stereocenters. The first kappa shape index (κ1) is 17.8. The van der Waals surface area contributed by atoms with Gasteiger partial charge < -0.3 is 15.1 Å². The number of rotatable bonds is 3. The maximum absolute atomic E-state index is 12.5. The molecule has 1 fully saturated rings. The molecule has 0 saturated carbocycles. The Morgan fingerprint density at radius 3 is 2.70 bits per heavy atom. The Balaban J connectivity index is 2.06. The lowest BCUT2D eigenvalue weighted by molar-refractivity contribution is 0.207. The van der Waals surface area contributed by atoms with Gasteiger partial charge in [-0.05, 0) is 45.9 Å². The lowest BCUT2D eigenvalue weighted by Gasteiger charge is -2.37. The van der Waals surface area contributed by atoms with E-state index >= 15 is 0 Å². The molecule has 1 aromatic carbocycles. The van der Waals surface area contributed by atoms with Crippen LogP contribution in [0.4, 0.5) is 16.2 Å². The predicted molar refractivity (Wildman–Crippen MR) is 97.7 cm³/mol. The number of hydrogen-bond donors (Lipinski definition) is 1. The van der Waals surface area contributed by atoms with Crippen LogP contribution in [0.25, 0.3) is 0 Å². The number of hydrogen-bond acceptors (Lipinski definition) is 3. The fourth-order valence-corrected chi connectivity index (χ4v) is 3.80. The van der Waals surface area contributed by atoms with E-state index in [0.29, 0.717) is 24.9 Å². The molecule has 1 saturated heterocycles. The summed E-state index contributed by atoms with van der Waals surface area (Å²) in [6, 6.07) is 8.11. The third-order valence-corrected chi connectivity index (χ3v) is 6.22. The average Bonchev–Trinajstić information content (AvgIpc) is 2.49. The predicted octanol–water partition coefficient (Wildman–Crippen LogP) is 2.91. The maximum Gasteiger partial charge on any atom is 0.321 e. The van der Waals surface area contributed by atoms with E-state index in [-0.39, 0.29) is 10.8 Å². The molecule has 0 spiro atoms. The zero-order chi connectivity index (χ0) is 17.2. The second-order valence-electron chi connectivity index (χ2n) is 6.92. The van der Waals surface area contributed by atoms with E-state index in [1.807, 2.05) is 45.2 Å². The van der Waals surface area contributed by atoms with Gasteiger partial charge in [0.1, 0.15) is 0 Å². The second-order valence-corrected chi connectivity index (χ2v) is 9.12. The Labute approximate surface area is 141 Å². The molecule has 1 aliphatic heterocycles. The summed E-state index contributed by atoms with van der Waals surface area (Å²) in [5.74, 6) is 0.538. The van der Waals surface area contributed by atoms with Crippen LogP contribution in [-0.2, 0) is 10.8 Å². The minimum atomic E-state index is -0.878. The Morgan fingerprint density at radius 2 is 2.09 bits per heavy atom. The van der Waals surface area contributed by atoms with E-state index < -0.39 is 10.8 Å². The van der Waals surface area contributed by atoms with Gasteiger partial charge in [-0.15, -0.1) is 0 Å². The van der Waals surface area contributed by atoms with Crippen LogP contribution >= 0.6 is 0 Å². The zero-order valence-electron chi connectivity index (χ0n) is 14.6. The highest BCUT2D eigenvalue weighted by atomic mass is 32.2. The Morgan fingerprint density at radius 1 is 1.39 bits per heavy atom. The number of anilines is 2. The molecule has 6 heteroatoms. The van der Waals surface area contributed by atoms with Crippen molar-refractivity contribution >= 4 is 28.2 Å². The highest BCUT2D eigenvalue weighted by Crippen LogP contribution is 2.23. The lowest BCUT2D eigenvalue weighted by atomic mass is 10.2. The molecular weight excluding hydrogens is 310 g/mol. The molecule has 0 aliphatic carbocycles. The summed E-state index contributed by atoms with van der Waals surface area (Å²) >= 11 is 0. The van der Waals surface area contributed by atoms with Crippen molar-refractivity contribution in [2.24, 2.45) is 0 Å². The van der Waals surface area contributed by atoms with E-state index in [4.69, 9.17) is 0 Å². The number of nitrogens with one attached hydrogen (secondary N) is 1. The topological polar surface area (TPSA) is 52.7 Å². The number of benzene rings is 1. The van der Waals surface area contributed by atoms with Crippen LogP contribution in [0.3, 0.4) is 0 Å². The van der Waals surface area contributed by atoms with E-state index in [1.165, 1.54) is 0 Å². The average molecular weight is 337 g/mol. The molecule has 1 heterocycles. The van der Waals surface area contributed by atoms with Crippen molar-refractivity contribution in [3.05, 3.63) is 24.3 Å². The van der Waals surface area contributed by atoms with Gasteiger partial charge in [-0.1, -0.05) is 6.07 Å². The number of carbonyl (C=O) groups is 1. The first-order valence-corrected chi connectivity index (χ1v) is 9.30. The van der Waals surface area contributed by atoms with Gasteiger partial charge in [-0.2, -0.15) is 0 Å². The van der Waals surface area contributed by atoms with E-state index in [9.17, 15) is 9.00 Å². The Kier molecular flexibility index (Phi) is 5.34. The summed E-state index contributed by atoms with van der Waals surface area (Å²) in [5, 5.41) is 2.96. The number of urea groups is 1. The fourth-order valence-electron chi connectivity index (χ4n) is 2.56. The third-order valence-electron chi connectivity index (χ3n) is 4.30. The molecule has 23 heavy (non-hydrogen) atoms. The number of amides is 2. The second kappa shape index (κ2) is 6.91. The SMILES string of the molecule is CC(C)N(C)c1cccc(NC(=O)N2CC[S@](=O)C(C)(C)C2)c1. The number of nitrogens with zero attached hydrogens (tertiary/aromatic N) is 2. The van der Waals surface area contributed by atoms with Crippen molar-refractivity contribution in [1.29, 1.82) is 0 Å². The van der Waals surface area contributed by atoms with E-state index in [2.05, 4.69) is 24.1 Å². The van der Waals surface area contributed by atoms with Crippen molar-refractivity contribution in [1.82, 2.24) is 4.90 Å². The molecule has 0 bridgehead atoms. The van der Waals surface area contributed by atoms with Crippen molar-refractivity contribution in [3.63, 3.8) is 0 Å². The van der Waals surface area contributed by atoms with Crippen LogP contribution in [0.1, 0.15) is 27.7 Å². The highest BCUT2D eigenvalue weighted by Gasteiger charge is 2.35. The van der Waals surface area contributed by atoms with Gasteiger partial charge in [0.15, 0.2) is 0 Å². The van der Waals surface area contributed by atoms with Gasteiger partial charge in [-0.25, -0.2) is 4.79 Å². The summed E-state index contributed by atoms with van der Waals surface area (Å²) in [6.07, 6.45) is 0. The van der Waals surface area contributed by atoms with Crippen LogP contribution in [0.2, 0.25) is 0 Å². The van der Waals surface area contributed by atoms with E-state index in [0.717, 1.165) is 11.4 Å². The van der Waals surface area contributed by atoms with Crippen LogP contribution in [0, 0.1) is 0 Å². The minimum Gasteiger partial charge on any atom is -0.372 e. The van der Waals surface area contributed by atoms with Gasteiger partial charge in [0.25, 0.3) is 0 Å². The van der Waals surface area contributed by atoms with Gasteiger partial charge in [0.05, 0.1) is 4.75 Å². The first-order chi connectivity index (χ1) is 10.7. The summed E-state index contributed by atoms with van der Waals surface area (Å²) in [6.45, 7) is 9.19. The molecule has 1 aromatic rings. The molecule has 1 atom stereocenters. The summed E-state index contributed by atoms with van der Waals surface area (Å²) in [4.78, 5) is 16.4. The number of carbonyl (C=O) groups excluding carboxylic acids is 1. The Bertz CT molecular complexity index is 601. The van der Waals surface area contributed by atoms with Gasteiger partial charge in [-0.3, -0.25) is 4.21 Å². The maximum atomic E-state index is 12.5. The quantitative estimate of drug-likeness (QED) is 0.923. The van der Waals surface area contributed by atoms with Gasteiger partial charge >= 0.3 is 6.03 Å². The van der Waals surface area contributed by atoms with Crippen LogP contribution in [-0.4, -0.2) is 51.8 Å². The van der Waals surface area contributed by atoms with Crippen molar-refractivity contribution in [2.45, 2.75) is 38.5 Å². The first-order valence-electron chi connectivity index (χ1n) is 7.98. The molecule has 2 amide bonds. The molecule has 1 aliphatic rings. The fraction of sp³-hybridized carbons (Fsp3) is 0.588. The normalized spacial score (nSPS) is 20.4. The molecular formula is C17H27N3O2S. The highest BCUT2D eigenvalue weighted by molar-refractivity contribution is 7.86. The van der Waals surface area contributed by atoms with Crippen LogP contribution in [0.5, 0.6) is 0 Å². The summed E-state index contributed by atoms with van der Waals surface area (Å²) in [7, 11) is 1.16. The Hall–Kier alpha value is -1.56. The van der Waals surface area contributed by atoms with Crippen LogP contribution < -0.4 is 10.2 Å². The largest absolute Gasteiger partial charge is 0.372 e. The van der Waals surface area contributed by atoms with Crippen molar-refractivity contribution < 1.29 is 9.00 Å². The lowest BCUT2D eigenvalue weighted by Crippen LogP contribution is -2.53. The van der Waals surface area contributed by atoms with Gasteiger partial charge in [0.2, 0.25) is 0 Å². The molecule has 1 N–H and O–H groups in total. The summed E-state index contributed by atoms with van der Waals surface area (Å²) < 4.78 is 11.6. The molecule has 2 rings (SSSR count). The minimum absolute atomic E-state index is 0.126. The van der Waals surface area contributed by atoms with E-state index in [1.54, 1.807) is 4.90 Å². The molecule has 128 valence electrons. The van der Waals surface area contributed by atoms with Crippen molar-refractivity contribution in [3.8, 4) is 0 Å². The van der Waals surface area contributed by atoms with Crippen LogP contribution in [0.15, 0.2) is 24.3 Å². The third kappa shape index (κ3) is 4.25. The standard InChI is InChI=1S/C17H27N3O2S/c1-13(2)19(5)15-8-6-7-14(11-15)18-16(21)20-9-10-23(22)17(3,4)12-20/h6-8,11,13H,9-10,12H2,1-5H3,(H,18,21)/t23-/m0/s1. The molecule has 5 nitrogen and oxygen atoms in total. The monoisotopic (exact) mass is 337 g/mol. The zero-order valence-corrected chi connectivity index (χ0v) is 15.4. The van der Waals surface area contributed by atoms with Crippen molar-refractivity contribution in [2.75, 3.05) is 36.1 Å². The smallest absolute Gasteiger partial charge is 0.321 e. The summed E-state index contributed by atoms with van der Waals surface area (Å²) in [5.41, 5.74) is 1.85. The molecule has 0 aromatic heterocycles. The van der Waals surface area contributed by atoms with Gasteiger partial charge in [0, 0.05) is 54.1 Å².